The number of aliphatic hydroxyl groups is 4. The molecule has 4 N–H and O–H groups in total. The van der Waals surface area contributed by atoms with Gasteiger partial charge in [0.15, 0.2) is 39.3 Å². The summed E-state index contributed by atoms with van der Waals surface area (Å²) in [6.45, 7) is -5.02. The molecule has 24 heavy (non-hydrogen) atoms. The molecule has 1 aliphatic heterocycles. The summed E-state index contributed by atoms with van der Waals surface area (Å²) in [5.74, 6) is -6.37. The van der Waals surface area contributed by atoms with Crippen molar-refractivity contribution in [3.63, 3.8) is 0 Å². The lowest BCUT2D eigenvalue weighted by Crippen LogP contribution is -2.86. The van der Waals surface area contributed by atoms with Crippen LogP contribution in [0.5, 0.6) is 0 Å². The number of carbonyl (C=O) groups excluding carboxylic acids is 4. The fourth-order valence-electron chi connectivity index (χ4n) is 2.57. The maximum Gasteiger partial charge on any atom is 0.200 e. The summed E-state index contributed by atoms with van der Waals surface area (Å²) in [4.78, 5) is 48.9. The highest BCUT2D eigenvalue weighted by Gasteiger charge is 2.78. The third-order valence-electron chi connectivity index (χ3n) is 3.98. The Morgan fingerprint density at radius 3 is 1.96 bits per heavy atom. The number of aliphatic hydroxyl groups excluding tert-OH is 1. The number of ketones is 4. The molecule has 0 radical (unpaired) electrons. The van der Waals surface area contributed by atoms with E-state index in [-0.39, 0.29) is 0 Å². The Morgan fingerprint density at radius 1 is 1.00 bits per heavy atom. The van der Waals surface area contributed by atoms with Crippen molar-refractivity contribution in [2.45, 2.75) is 61.6 Å². The zero-order valence-corrected chi connectivity index (χ0v) is 13.9. The smallest absolute Gasteiger partial charge is 0.200 e. The minimum atomic E-state index is -3.85. The summed E-state index contributed by atoms with van der Waals surface area (Å²) in [7, 11) is 0. The van der Waals surface area contributed by atoms with Crippen molar-refractivity contribution in [3.05, 3.63) is 0 Å². The van der Waals surface area contributed by atoms with Crippen LogP contribution in [0, 0.1) is 0 Å². The number of ether oxygens (including phenoxy) is 1. The van der Waals surface area contributed by atoms with Crippen LogP contribution in [0.25, 0.3) is 0 Å². The summed E-state index contributed by atoms with van der Waals surface area (Å²) >= 11 is 2.64. The predicted molar refractivity (Wildman–Crippen MR) is 81.2 cm³/mol. The van der Waals surface area contributed by atoms with Gasteiger partial charge in [0.2, 0.25) is 5.60 Å². The first-order valence-electron chi connectivity index (χ1n) is 9.13. The lowest BCUT2D eigenvalue weighted by Gasteiger charge is -2.57. The highest BCUT2D eigenvalue weighted by Crippen LogP contribution is 2.48. The molecule has 6 atom stereocenters. The van der Waals surface area contributed by atoms with E-state index in [1.165, 1.54) is 0 Å². The van der Waals surface area contributed by atoms with E-state index >= 15 is 0 Å². The van der Waals surface area contributed by atoms with Gasteiger partial charge in [-0.05, 0) is 27.6 Å². The molecular weight excluding hydrogens is 392 g/mol. The fourth-order valence-corrected chi connectivity index (χ4v) is 3.39. The van der Waals surface area contributed by atoms with Crippen molar-refractivity contribution in [3.8, 4) is 0 Å². The van der Waals surface area contributed by atoms with Gasteiger partial charge in [-0.1, -0.05) is 15.9 Å². The molecule has 9 nitrogen and oxygen atoms in total. The zero-order valence-electron chi connectivity index (χ0n) is 16.3. The van der Waals surface area contributed by atoms with Gasteiger partial charge in [0, 0.05) is 5.48 Å². The van der Waals surface area contributed by atoms with E-state index in [0.717, 1.165) is 0 Å². The SMILES string of the molecule is [2H]CC(=O)C(O)[C@H]1OC(Br)[C@@](O)(C(=O)C[2H])[C@](O)(C(=O)C[2H])[C@]1(O)C(=O)C[2H]. The van der Waals surface area contributed by atoms with E-state index in [4.69, 9.17) is 10.2 Å². The van der Waals surface area contributed by atoms with Gasteiger partial charge in [-0.15, -0.1) is 0 Å². The average molecular weight is 415 g/mol. The van der Waals surface area contributed by atoms with Crippen LogP contribution in [0.2, 0.25) is 0 Å². The minimum Gasteiger partial charge on any atom is -0.382 e. The highest BCUT2D eigenvalue weighted by molar-refractivity contribution is 9.09. The monoisotopic (exact) mass is 414 g/mol. The van der Waals surface area contributed by atoms with Gasteiger partial charge < -0.3 is 25.2 Å². The van der Waals surface area contributed by atoms with E-state index in [9.17, 15) is 39.6 Å². The Bertz CT molecular complexity index is 679. The van der Waals surface area contributed by atoms with Crippen LogP contribution < -0.4 is 0 Å². The zero-order chi connectivity index (χ0) is 22.1. The van der Waals surface area contributed by atoms with Gasteiger partial charge in [-0.25, -0.2) is 0 Å². The first kappa shape index (κ1) is 15.2. The van der Waals surface area contributed by atoms with Gasteiger partial charge >= 0.3 is 0 Å². The Hall–Kier alpha value is -1.04. The molecule has 0 spiro atoms. The molecule has 0 aliphatic carbocycles. The Morgan fingerprint density at radius 2 is 1.50 bits per heavy atom. The third-order valence-corrected chi connectivity index (χ3v) is 4.86. The molecule has 0 bridgehead atoms. The second kappa shape index (κ2) is 6.36. The molecule has 0 aromatic rings. The number of halogens is 1. The number of carbonyl (C=O) groups is 4. The van der Waals surface area contributed by atoms with Crippen LogP contribution in [0.1, 0.15) is 33.1 Å². The van der Waals surface area contributed by atoms with Gasteiger partial charge in [-0.2, -0.15) is 0 Å². The quantitative estimate of drug-likeness (QED) is 0.373. The van der Waals surface area contributed by atoms with Crippen LogP contribution in [0.15, 0.2) is 0 Å². The van der Waals surface area contributed by atoms with Gasteiger partial charge in [-0.3, -0.25) is 19.2 Å². The summed E-state index contributed by atoms with van der Waals surface area (Å²) < 4.78 is 33.6. The number of hydrogen-bond acceptors (Lipinski definition) is 9. The van der Waals surface area contributed by atoms with Crippen molar-refractivity contribution in [2.75, 3.05) is 0 Å². The summed E-state index contributed by atoms with van der Waals surface area (Å²) in [5, 5.41) is 40.9. The van der Waals surface area contributed by atoms with Gasteiger partial charge in [0.05, 0.1) is 0 Å². The van der Waals surface area contributed by atoms with Crippen molar-refractivity contribution in [1.82, 2.24) is 0 Å². The summed E-state index contributed by atoms with van der Waals surface area (Å²) in [6.07, 6.45) is -4.95. The summed E-state index contributed by atoms with van der Waals surface area (Å²) in [6, 6.07) is 0. The van der Waals surface area contributed by atoms with E-state index in [1.54, 1.807) is 0 Å². The van der Waals surface area contributed by atoms with E-state index in [0.29, 0.717) is 0 Å². The Balaban J connectivity index is 3.94. The highest BCUT2D eigenvalue weighted by atomic mass is 79.9. The first-order valence-corrected chi connectivity index (χ1v) is 7.21. The fraction of sp³-hybridized carbons (Fsp3) is 0.714. The molecule has 0 saturated carbocycles. The molecule has 1 aliphatic rings. The van der Waals surface area contributed by atoms with Crippen molar-refractivity contribution in [1.29, 1.82) is 0 Å². The molecule has 1 rings (SSSR count). The molecule has 10 heteroatoms. The molecule has 1 saturated heterocycles. The Kier molecular flexibility index (Phi) is 4.03. The van der Waals surface area contributed by atoms with Crippen LogP contribution in [0.3, 0.4) is 0 Å². The standard InChI is InChI=1S/C14H19BrO9/c1-5(16)9(20)10-12(21,6(2)17)14(23,8(4)19)13(22,7(3)18)11(15)24-10/h9-11,20-23H,1-4H3/t9?,10-,11?,12+,13+,14+/m1/s1/i1D,2D,3D,4D. The molecule has 0 amide bonds. The summed E-state index contributed by atoms with van der Waals surface area (Å²) in [5.41, 5.74) is -11.0. The first-order chi connectivity index (χ1) is 12.9. The maximum absolute atomic E-state index is 12.4. The maximum atomic E-state index is 12.4. The molecule has 0 aromatic heterocycles. The third kappa shape index (κ3) is 2.40. The average Bonchev–Trinajstić information content (AvgIpc) is 2.71. The number of hydrogen-bond donors (Lipinski definition) is 4. The molecule has 136 valence electrons. The normalized spacial score (nSPS) is 42.9. The lowest BCUT2D eigenvalue weighted by atomic mass is 9.60. The molecule has 2 unspecified atom stereocenters. The van der Waals surface area contributed by atoms with Gasteiger partial charge in [0.25, 0.3) is 0 Å². The minimum absolute atomic E-state index is 1.06. The second-order valence-corrected chi connectivity index (χ2v) is 6.13. The lowest BCUT2D eigenvalue weighted by molar-refractivity contribution is -0.310. The number of alkyl halides is 1. The molecule has 1 fully saturated rings. The van der Waals surface area contributed by atoms with Gasteiger partial charge in [0.1, 0.15) is 12.2 Å². The Labute approximate surface area is 151 Å². The van der Waals surface area contributed by atoms with E-state index in [2.05, 4.69) is 15.9 Å². The van der Waals surface area contributed by atoms with Crippen molar-refractivity contribution in [2.24, 2.45) is 0 Å². The largest absolute Gasteiger partial charge is 0.382 e. The molecular formula is C14H19BrO9. The van der Waals surface area contributed by atoms with Crippen molar-refractivity contribution < 1.29 is 49.8 Å². The van der Waals surface area contributed by atoms with Crippen LogP contribution in [-0.4, -0.2) is 77.6 Å². The van der Waals surface area contributed by atoms with Crippen LogP contribution >= 0.6 is 15.9 Å². The van der Waals surface area contributed by atoms with Crippen LogP contribution in [-0.2, 0) is 23.9 Å². The molecule has 1 heterocycles. The van der Waals surface area contributed by atoms with E-state index < -0.39 is 84.8 Å². The van der Waals surface area contributed by atoms with Crippen LogP contribution in [0.4, 0.5) is 0 Å². The predicted octanol–water partition coefficient (Wildman–Crippen LogP) is -1.98. The number of Topliss-reactive ketones (excluding diaryl/α,β-unsaturated/α-hetero) is 4. The van der Waals surface area contributed by atoms with Crippen molar-refractivity contribution >= 4 is 39.1 Å². The second-order valence-electron chi connectivity index (χ2n) is 5.30. The number of rotatable bonds is 5. The topological polar surface area (TPSA) is 158 Å². The van der Waals surface area contributed by atoms with E-state index in [1.807, 2.05) is 0 Å². The molecule has 0 aromatic carbocycles.